The van der Waals surface area contributed by atoms with Gasteiger partial charge in [-0.25, -0.2) is 4.39 Å². The maximum atomic E-state index is 14.5. The Bertz CT molecular complexity index is 944. The zero-order valence-electron chi connectivity index (χ0n) is 17.7. The molecule has 1 aromatic rings. The van der Waals surface area contributed by atoms with E-state index in [-0.39, 0.29) is 57.1 Å². The molecule has 2 aliphatic carbocycles. The smallest absolute Gasteiger partial charge is 0.338 e. The highest BCUT2D eigenvalue weighted by Gasteiger charge is 2.73. The summed E-state index contributed by atoms with van der Waals surface area (Å²) < 4.78 is 135. The molecule has 1 heterocycles. The van der Waals surface area contributed by atoms with Gasteiger partial charge in [0.05, 0.1) is 0 Å². The highest BCUT2D eigenvalue weighted by atomic mass is 19.4. The summed E-state index contributed by atoms with van der Waals surface area (Å²) >= 11 is 0. The molecule has 1 amide bonds. The maximum absolute atomic E-state index is 14.5. The van der Waals surface area contributed by atoms with Gasteiger partial charge in [0.2, 0.25) is 5.91 Å². The third kappa shape index (κ3) is 3.49. The number of rotatable bonds is 2. The van der Waals surface area contributed by atoms with Gasteiger partial charge < -0.3 is 4.90 Å². The molecule has 1 saturated carbocycles. The Hall–Kier alpha value is -2.01. The van der Waals surface area contributed by atoms with Gasteiger partial charge in [0.25, 0.3) is 0 Å². The Morgan fingerprint density at radius 3 is 2.00 bits per heavy atom. The molecular weight excluding hydrogens is 484 g/mol. The lowest BCUT2D eigenvalue weighted by atomic mass is 9.77. The van der Waals surface area contributed by atoms with Crippen molar-refractivity contribution < 1.29 is 48.7 Å². The molecule has 34 heavy (non-hydrogen) atoms. The van der Waals surface area contributed by atoms with Crippen molar-refractivity contribution >= 4 is 5.91 Å². The van der Waals surface area contributed by atoms with Gasteiger partial charge in [0.15, 0.2) is 0 Å². The van der Waals surface area contributed by atoms with Crippen LogP contribution < -0.4 is 0 Å². The second-order valence-electron chi connectivity index (χ2n) is 9.35. The van der Waals surface area contributed by atoms with Crippen LogP contribution in [0, 0.1) is 5.41 Å². The first kappa shape index (κ1) is 25.1. The molecule has 0 aromatic heterocycles. The molecule has 4 rings (SSSR count). The van der Waals surface area contributed by atoms with Crippen LogP contribution in [0.15, 0.2) is 18.2 Å². The summed E-state index contributed by atoms with van der Waals surface area (Å²) in [6, 6.07) is 1.31. The van der Waals surface area contributed by atoms with Crippen LogP contribution in [0.5, 0.6) is 0 Å². The predicted molar refractivity (Wildman–Crippen MR) is 99.5 cm³/mol. The second-order valence-corrected chi connectivity index (χ2v) is 9.35. The van der Waals surface area contributed by atoms with Gasteiger partial charge in [0.1, 0.15) is 5.41 Å². The minimum atomic E-state index is -6.24. The molecule has 0 unspecified atom stereocenters. The highest BCUT2D eigenvalue weighted by molar-refractivity contribution is 5.85. The number of nitrogens with zero attached hydrogens (tertiary/aromatic N) is 1. The fourth-order valence-electron chi connectivity index (χ4n) is 5.89. The standard InChI is InChI=1S/C22H21F10NO/c23-19(21(27,28)29,22(30,31)32)13-4-5-14-12(11-13)3-6-16-15(14)7-10-33(16)17(34)18(20(24,25)26)8-1-2-9-18/h4-5,11,15-16H,1-3,6-10H2/t15-,16+/m0/s1. The molecule has 1 aromatic carbocycles. The first-order valence-corrected chi connectivity index (χ1v) is 10.9. The summed E-state index contributed by atoms with van der Waals surface area (Å²) in [4.78, 5) is 14.3. The van der Waals surface area contributed by atoms with Crippen LogP contribution in [-0.2, 0) is 16.9 Å². The van der Waals surface area contributed by atoms with Crippen molar-refractivity contribution in [1.82, 2.24) is 4.90 Å². The molecular formula is C22H21F10NO. The number of halogens is 10. The van der Waals surface area contributed by atoms with Crippen molar-refractivity contribution in [2.75, 3.05) is 6.54 Å². The number of aryl methyl sites for hydroxylation is 1. The van der Waals surface area contributed by atoms with Crippen LogP contribution in [0.25, 0.3) is 0 Å². The highest BCUT2D eigenvalue weighted by Crippen LogP contribution is 2.56. The molecule has 0 N–H and O–H groups in total. The summed E-state index contributed by atoms with van der Waals surface area (Å²) in [5.41, 5.74) is -9.17. The van der Waals surface area contributed by atoms with Crippen LogP contribution in [0.4, 0.5) is 43.9 Å². The Morgan fingerprint density at radius 1 is 0.882 bits per heavy atom. The normalized spacial score (nSPS) is 25.3. The predicted octanol–water partition coefficient (Wildman–Crippen LogP) is 6.73. The number of hydrogen-bond acceptors (Lipinski definition) is 1. The topological polar surface area (TPSA) is 20.3 Å². The zero-order chi connectivity index (χ0) is 25.3. The molecule has 0 spiro atoms. The van der Waals surface area contributed by atoms with Crippen molar-refractivity contribution in [2.45, 2.75) is 81.1 Å². The molecule has 2 nitrogen and oxygen atoms in total. The fraction of sp³-hybridized carbons (Fsp3) is 0.682. The number of fused-ring (bicyclic) bond motifs is 3. The zero-order valence-corrected chi connectivity index (χ0v) is 17.7. The van der Waals surface area contributed by atoms with Gasteiger partial charge in [-0.3, -0.25) is 4.79 Å². The average molecular weight is 505 g/mol. The number of amides is 1. The lowest BCUT2D eigenvalue weighted by Gasteiger charge is -2.39. The van der Waals surface area contributed by atoms with Crippen molar-refractivity contribution in [3.63, 3.8) is 0 Å². The first-order chi connectivity index (χ1) is 15.5. The summed E-state index contributed by atoms with van der Waals surface area (Å²) in [6.45, 7) is 0.00530. The van der Waals surface area contributed by atoms with E-state index in [9.17, 15) is 48.7 Å². The SMILES string of the molecule is O=C(N1CC[C@H]2c3ccc(C(F)(C(F)(F)F)C(F)(F)F)cc3CC[C@H]21)C1(C(F)(F)F)CCCC1. The molecule has 3 aliphatic rings. The van der Waals surface area contributed by atoms with E-state index >= 15 is 0 Å². The average Bonchev–Trinajstić information content (AvgIpc) is 3.38. The van der Waals surface area contributed by atoms with Gasteiger partial charge in [0, 0.05) is 24.1 Å². The van der Waals surface area contributed by atoms with Crippen LogP contribution in [0.1, 0.15) is 61.1 Å². The monoisotopic (exact) mass is 505 g/mol. The molecule has 12 heteroatoms. The lowest BCUT2D eigenvalue weighted by Crippen LogP contribution is -2.53. The van der Waals surface area contributed by atoms with Crippen LogP contribution in [0.2, 0.25) is 0 Å². The second kappa shape index (κ2) is 7.74. The van der Waals surface area contributed by atoms with Crippen LogP contribution >= 0.6 is 0 Å². The van der Waals surface area contributed by atoms with E-state index in [0.29, 0.717) is 17.7 Å². The maximum Gasteiger partial charge on any atom is 0.435 e. The van der Waals surface area contributed by atoms with E-state index < -0.39 is 53.0 Å². The Kier molecular flexibility index (Phi) is 5.72. The third-order valence-corrected chi connectivity index (χ3v) is 7.65. The lowest BCUT2D eigenvalue weighted by molar-refractivity contribution is -0.348. The van der Waals surface area contributed by atoms with E-state index in [1.54, 1.807) is 0 Å². The summed E-state index contributed by atoms with van der Waals surface area (Å²) in [6.07, 6.45) is -17.1. The van der Waals surface area contributed by atoms with Crippen molar-refractivity contribution in [3.05, 3.63) is 34.9 Å². The summed E-state index contributed by atoms with van der Waals surface area (Å²) in [7, 11) is 0. The van der Waals surface area contributed by atoms with Gasteiger partial charge in [-0.2, -0.15) is 39.5 Å². The van der Waals surface area contributed by atoms with Crippen molar-refractivity contribution in [3.8, 4) is 0 Å². The van der Waals surface area contributed by atoms with E-state index in [1.165, 1.54) is 4.90 Å². The molecule has 2 fully saturated rings. The molecule has 190 valence electrons. The Morgan fingerprint density at radius 2 is 1.47 bits per heavy atom. The number of benzene rings is 1. The molecule has 0 bridgehead atoms. The summed E-state index contributed by atoms with van der Waals surface area (Å²) in [5.74, 6) is -1.55. The Balaban J connectivity index is 1.65. The van der Waals surface area contributed by atoms with Gasteiger partial charge in [-0.1, -0.05) is 31.0 Å². The number of carbonyl (C=O) groups is 1. The van der Waals surface area contributed by atoms with Gasteiger partial charge in [-0.15, -0.1) is 0 Å². The fourth-order valence-corrected chi connectivity index (χ4v) is 5.89. The largest absolute Gasteiger partial charge is 0.435 e. The molecule has 1 saturated heterocycles. The van der Waals surface area contributed by atoms with Gasteiger partial charge >= 0.3 is 24.2 Å². The number of likely N-dealkylation sites (tertiary alicyclic amines) is 1. The minimum absolute atomic E-state index is 0.00530. The van der Waals surface area contributed by atoms with Crippen LogP contribution in [-0.4, -0.2) is 41.9 Å². The first-order valence-electron chi connectivity index (χ1n) is 10.9. The van der Waals surface area contributed by atoms with E-state index in [1.807, 2.05) is 0 Å². The van der Waals surface area contributed by atoms with Crippen molar-refractivity contribution in [2.24, 2.45) is 5.41 Å². The summed E-state index contributed by atoms with van der Waals surface area (Å²) in [5, 5.41) is 0. The van der Waals surface area contributed by atoms with E-state index in [4.69, 9.17) is 0 Å². The molecule has 0 radical (unpaired) electrons. The number of hydrogen-bond donors (Lipinski definition) is 0. The third-order valence-electron chi connectivity index (χ3n) is 7.65. The molecule has 2 atom stereocenters. The van der Waals surface area contributed by atoms with E-state index in [2.05, 4.69) is 0 Å². The number of carbonyl (C=O) groups excluding carboxylic acids is 1. The van der Waals surface area contributed by atoms with Gasteiger partial charge in [-0.05, 0) is 43.2 Å². The van der Waals surface area contributed by atoms with Crippen LogP contribution in [0.3, 0.4) is 0 Å². The van der Waals surface area contributed by atoms with Crippen molar-refractivity contribution in [1.29, 1.82) is 0 Å². The minimum Gasteiger partial charge on any atom is -0.338 e. The Labute approximate surface area is 188 Å². The quantitative estimate of drug-likeness (QED) is 0.409. The molecule has 1 aliphatic heterocycles. The van der Waals surface area contributed by atoms with E-state index in [0.717, 1.165) is 6.07 Å². The number of alkyl halides is 10.